The molecule has 1 saturated heterocycles. The molecule has 0 aromatic heterocycles. The van der Waals surface area contributed by atoms with Crippen LogP contribution < -0.4 is 10.1 Å². The minimum absolute atomic E-state index is 0.238. The van der Waals surface area contributed by atoms with Gasteiger partial charge in [-0.3, -0.25) is 10.1 Å². The number of alkyl halides is 3. The van der Waals surface area contributed by atoms with E-state index in [9.17, 15) is 18.0 Å². The van der Waals surface area contributed by atoms with Crippen LogP contribution in [0.2, 0.25) is 0 Å². The fourth-order valence-corrected chi connectivity index (χ4v) is 2.58. The molecule has 8 heteroatoms. The quantitative estimate of drug-likeness (QED) is 0.860. The molecule has 0 saturated carbocycles. The van der Waals surface area contributed by atoms with Crippen molar-refractivity contribution in [1.29, 1.82) is 0 Å². The molecule has 1 aromatic carbocycles. The minimum Gasteiger partial charge on any atom is -0.405 e. The molecule has 0 spiro atoms. The summed E-state index contributed by atoms with van der Waals surface area (Å²) in [6.07, 6.45) is -3.97. The molecule has 1 amide bonds. The minimum atomic E-state index is -4.86. The number of aliphatic imine (C=N–C) groups is 1. The van der Waals surface area contributed by atoms with Crippen LogP contribution in [0.1, 0.15) is 23.7 Å². The normalized spacial score (nSPS) is 20.4. The topological polar surface area (TPSA) is 52.8 Å². The molecule has 0 N–H and O–H groups in total. The van der Waals surface area contributed by atoms with Gasteiger partial charge in [-0.05, 0) is 18.6 Å². The maximum atomic E-state index is 12.3. The summed E-state index contributed by atoms with van der Waals surface area (Å²) in [5.74, 6) is -1.35. The molecular formula is C13H12F3N2O2S. The van der Waals surface area contributed by atoms with Gasteiger partial charge in [0.2, 0.25) is 0 Å². The number of rotatable bonds is 3. The number of amidine groups is 1. The number of hydrogen-bond acceptors (Lipinski definition) is 3. The van der Waals surface area contributed by atoms with Crippen LogP contribution in [0.5, 0.6) is 5.75 Å². The summed E-state index contributed by atoms with van der Waals surface area (Å²) in [4.78, 5) is 15.8. The molecule has 21 heavy (non-hydrogen) atoms. The SMILES string of the molecule is CCC1C[N]C(=NC(=O)c2ccccc2OC(F)(F)F)S1. The van der Waals surface area contributed by atoms with E-state index >= 15 is 0 Å². The number of thioether (sulfide) groups is 1. The Morgan fingerprint density at radius 3 is 2.81 bits per heavy atom. The summed E-state index contributed by atoms with van der Waals surface area (Å²) in [6.45, 7) is 2.55. The lowest BCUT2D eigenvalue weighted by Crippen LogP contribution is -2.19. The molecule has 1 atom stereocenters. The third-order valence-electron chi connectivity index (χ3n) is 2.70. The van der Waals surface area contributed by atoms with Gasteiger partial charge in [0, 0.05) is 5.25 Å². The predicted octanol–water partition coefficient (Wildman–Crippen LogP) is 3.21. The van der Waals surface area contributed by atoms with Gasteiger partial charge in [0.05, 0.1) is 12.1 Å². The third-order valence-corrected chi connectivity index (χ3v) is 3.94. The van der Waals surface area contributed by atoms with Crippen molar-refractivity contribution in [2.45, 2.75) is 25.0 Å². The monoisotopic (exact) mass is 317 g/mol. The van der Waals surface area contributed by atoms with Gasteiger partial charge in [-0.15, -0.1) is 13.2 Å². The van der Waals surface area contributed by atoms with Crippen LogP contribution in [0.25, 0.3) is 0 Å². The van der Waals surface area contributed by atoms with E-state index in [0.717, 1.165) is 12.5 Å². The fourth-order valence-electron chi connectivity index (χ4n) is 1.68. The first-order valence-corrected chi connectivity index (χ1v) is 7.09. The zero-order valence-corrected chi connectivity index (χ0v) is 11.9. The number of benzene rings is 1. The van der Waals surface area contributed by atoms with Crippen molar-refractivity contribution in [1.82, 2.24) is 5.32 Å². The van der Waals surface area contributed by atoms with E-state index in [0.29, 0.717) is 11.7 Å². The van der Waals surface area contributed by atoms with E-state index in [2.05, 4.69) is 15.0 Å². The largest absolute Gasteiger partial charge is 0.573 e. The van der Waals surface area contributed by atoms with Crippen LogP contribution in [-0.4, -0.2) is 29.2 Å². The molecule has 1 aliphatic rings. The van der Waals surface area contributed by atoms with Crippen molar-refractivity contribution < 1.29 is 22.7 Å². The van der Waals surface area contributed by atoms with Crippen molar-refractivity contribution in [2.24, 2.45) is 4.99 Å². The second-order valence-corrected chi connectivity index (χ2v) is 5.50. The Bertz CT molecular complexity index is 561. The van der Waals surface area contributed by atoms with Crippen LogP contribution in [0.3, 0.4) is 0 Å². The number of ether oxygens (including phenoxy) is 1. The van der Waals surface area contributed by atoms with Crippen LogP contribution in [-0.2, 0) is 0 Å². The number of para-hydroxylation sites is 1. The Hall–Kier alpha value is -1.70. The molecule has 1 aromatic rings. The maximum absolute atomic E-state index is 12.3. The van der Waals surface area contributed by atoms with Crippen LogP contribution >= 0.6 is 11.8 Å². The van der Waals surface area contributed by atoms with Crippen molar-refractivity contribution in [3.05, 3.63) is 29.8 Å². The molecule has 113 valence electrons. The average molecular weight is 317 g/mol. The van der Waals surface area contributed by atoms with E-state index in [1.54, 1.807) is 0 Å². The zero-order chi connectivity index (χ0) is 15.5. The standard InChI is InChI=1S/C13H12F3N2O2S/c1-2-8-7-17-12(21-8)18-11(19)9-5-3-4-6-10(9)20-13(14,15)16/h3-6,8H,2,7H2,1H3. The lowest BCUT2D eigenvalue weighted by atomic mass is 10.2. The molecule has 0 aliphatic carbocycles. The number of nitrogens with zero attached hydrogens (tertiary/aromatic N) is 2. The van der Waals surface area contributed by atoms with Crippen molar-refractivity contribution in [3.8, 4) is 5.75 Å². The highest BCUT2D eigenvalue weighted by atomic mass is 32.2. The van der Waals surface area contributed by atoms with E-state index < -0.39 is 18.0 Å². The first-order chi connectivity index (χ1) is 9.89. The van der Waals surface area contributed by atoms with Crippen LogP contribution in [0.15, 0.2) is 29.3 Å². The highest BCUT2D eigenvalue weighted by Crippen LogP contribution is 2.28. The highest BCUT2D eigenvalue weighted by molar-refractivity contribution is 8.14. The summed E-state index contributed by atoms with van der Waals surface area (Å²) in [7, 11) is 0. The number of hydrogen-bond donors (Lipinski definition) is 0. The lowest BCUT2D eigenvalue weighted by Gasteiger charge is -2.11. The van der Waals surface area contributed by atoms with Crippen molar-refractivity contribution in [3.63, 3.8) is 0 Å². The van der Waals surface area contributed by atoms with Gasteiger partial charge in [-0.25, -0.2) is 0 Å². The van der Waals surface area contributed by atoms with Gasteiger partial charge in [0.25, 0.3) is 5.91 Å². The Balaban J connectivity index is 2.18. The average Bonchev–Trinajstić information content (AvgIpc) is 2.85. The van der Waals surface area contributed by atoms with Crippen molar-refractivity contribution in [2.75, 3.05) is 6.54 Å². The smallest absolute Gasteiger partial charge is 0.405 e. The molecule has 1 aliphatic heterocycles. The van der Waals surface area contributed by atoms with Gasteiger partial charge in [-0.1, -0.05) is 30.8 Å². The first-order valence-electron chi connectivity index (χ1n) is 6.21. The van der Waals surface area contributed by atoms with Gasteiger partial charge in [-0.2, -0.15) is 4.99 Å². The summed E-state index contributed by atoms with van der Waals surface area (Å²) in [6, 6.07) is 5.12. The molecular weight excluding hydrogens is 305 g/mol. The van der Waals surface area contributed by atoms with E-state index in [1.165, 1.54) is 30.0 Å². The number of amides is 1. The van der Waals surface area contributed by atoms with E-state index in [1.807, 2.05) is 6.92 Å². The summed E-state index contributed by atoms with van der Waals surface area (Å²) in [5, 5.41) is 4.65. The van der Waals surface area contributed by atoms with E-state index in [4.69, 9.17) is 0 Å². The Morgan fingerprint density at radius 2 is 2.19 bits per heavy atom. The molecule has 1 unspecified atom stereocenters. The molecule has 2 rings (SSSR count). The van der Waals surface area contributed by atoms with Crippen molar-refractivity contribution >= 4 is 22.8 Å². The summed E-state index contributed by atoms with van der Waals surface area (Å²) < 4.78 is 40.7. The number of carbonyl (C=O) groups is 1. The molecule has 0 bridgehead atoms. The Morgan fingerprint density at radius 1 is 1.48 bits per heavy atom. The van der Waals surface area contributed by atoms with Crippen LogP contribution in [0.4, 0.5) is 13.2 Å². The Kier molecular flexibility index (Phi) is 4.76. The molecule has 1 radical (unpaired) electrons. The lowest BCUT2D eigenvalue weighted by molar-refractivity contribution is -0.274. The predicted molar refractivity (Wildman–Crippen MR) is 73.6 cm³/mol. The summed E-state index contributed by atoms with van der Waals surface area (Å²) in [5.41, 5.74) is -0.238. The highest BCUT2D eigenvalue weighted by Gasteiger charge is 2.33. The first kappa shape index (κ1) is 15.7. The number of carbonyl (C=O) groups excluding carboxylic acids is 1. The Labute approximate surface area is 123 Å². The van der Waals surface area contributed by atoms with Gasteiger partial charge in [0.1, 0.15) is 5.75 Å². The molecule has 4 nitrogen and oxygen atoms in total. The number of halogens is 3. The van der Waals surface area contributed by atoms with Gasteiger partial charge >= 0.3 is 6.36 Å². The zero-order valence-electron chi connectivity index (χ0n) is 11.1. The third kappa shape index (κ3) is 4.38. The van der Waals surface area contributed by atoms with Gasteiger partial charge < -0.3 is 4.74 Å². The van der Waals surface area contributed by atoms with E-state index in [-0.39, 0.29) is 10.8 Å². The second kappa shape index (κ2) is 6.38. The molecule has 1 fully saturated rings. The second-order valence-electron chi connectivity index (χ2n) is 4.23. The van der Waals surface area contributed by atoms with Crippen LogP contribution in [0, 0.1) is 0 Å². The fraction of sp³-hybridized carbons (Fsp3) is 0.385. The van der Waals surface area contributed by atoms with Gasteiger partial charge in [0.15, 0.2) is 5.17 Å². The maximum Gasteiger partial charge on any atom is 0.573 e. The summed E-state index contributed by atoms with van der Waals surface area (Å²) >= 11 is 1.35. The molecule has 1 heterocycles.